The molecule has 1 aromatic heterocycles. The minimum Gasteiger partial charge on any atom is -0.493 e. The number of carbonyl (C=O) groups excluding carboxylic acids is 1. The molecule has 0 aliphatic heterocycles. The number of benzene rings is 2. The molecule has 0 bridgehead atoms. The van der Waals surface area contributed by atoms with Crippen LogP contribution < -0.4 is 18.9 Å². The number of nitrogens with one attached hydrogen (secondary N) is 1. The molecular formula is C24H28N2O6S. The summed E-state index contributed by atoms with van der Waals surface area (Å²) in [6.45, 7) is 5.41. The van der Waals surface area contributed by atoms with E-state index in [1.807, 2.05) is 13.8 Å². The van der Waals surface area contributed by atoms with Crippen molar-refractivity contribution in [1.82, 2.24) is 9.71 Å². The van der Waals surface area contributed by atoms with E-state index in [1.54, 1.807) is 43.3 Å². The maximum atomic E-state index is 13.4. The van der Waals surface area contributed by atoms with Crippen molar-refractivity contribution in [1.29, 1.82) is 0 Å². The van der Waals surface area contributed by atoms with E-state index >= 15 is 0 Å². The van der Waals surface area contributed by atoms with Crippen LogP contribution >= 0.6 is 0 Å². The smallest absolute Gasteiger partial charge is 0.212 e. The van der Waals surface area contributed by atoms with Gasteiger partial charge in [-0.25, -0.2) is 13.1 Å². The fourth-order valence-electron chi connectivity index (χ4n) is 3.35. The fourth-order valence-corrected chi connectivity index (χ4v) is 3.93. The minimum atomic E-state index is -3.41. The third-order valence-electron chi connectivity index (χ3n) is 5.02. The third kappa shape index (κ3) is 5.61. The SMILES string of the molecule is CCS(=O)(=O)NCc1cnc(C(=O)c2cccc(OC(C)C)c2)c2cc(OC)c(OC)cc12. The average Bonchev–Trinajstić information content (AvgIpc) is 2.80. The number of aromatic nitrogens is 1. The minimum absolute atomic E-state index is 0.0291. The number of rotatable bonds is 10. The molecule has 0 aliphatic rings. The van der Waals surface area contributed by atoms with Gasteiger partial charge >= 0.3 is 0 Å². The normalized spacial score (nSPS) is 11.6. The summed E-state index contributed by atoms with van der Waals surface area (Å²) in [5, 5.41) is 1.17. The second-order valence-corrected chi connectivity index (χ2v) is 9.73. The van der Waals surface area contributed by atoms with Crippen molar-refractivity contribution in [2.45, 2.75) is 33.4 Å². The van der Waals surface area contributed by atoms with Crippen LogP contribution in [-0.2, 0) is 16.6 Å². The lowest BCUT2D eigenvalue weighted by Crippen LogP contribution is -2.25. The molecule has 0 saturated carbocycles. The summed E-state index contributed by atoms with van der Waals surface area (Å²) in [5.74, 6) is 1.15. The van der Waals surface area contributed by atoms with Crippen molar-refractivity contribution in [2.75, 3.05) is 20.0 Å². The Labute approximate surface area is 193 Å². The van der Waals surface area contributed by atoms with Crippen LogP contribution in [0.5, 0.6) is 17.2 Å². The molecule has 0 aliphatic carbocycles. The Kier molecular flexibility index (Phi) is 7.55. The molecule has 9 heteroatoms. The van der Waals surface area contributed by atoms with Gasteiger partial charge in [-0.3, -0.25) is 9.78 Å². The standard InChI is InChI=1S/C24H28N2O6S/c1-6-33(28,29)26-14-17-13-25-23(20-12-22(31-5)21(30-4)11-19(17)20)24(27)16-8-7-9-18(10-16)32-15(2)3/h7-13,15,26H,6,14H2,1-5H3. The first-order valence-corrected chi connectivity index (χ1v) is 12.2. The lowest BCUT2D eigenvalue weighted by Gasteiger charge is -2.15. The molecular weight excluding hydrogens is 444 g/mol. The summed E-state index contributed by atoms with van der Waals surface area (Å²) in [6, 6.07) is 10.3. The van der Waals surface area contributed by atoms with Crippen LogP contribution in [0.4, 0.5) is 0 Å². The third-order valence-corrected chi connectivity index (χ3v) is 6.36. The van der Waals surface area contributed by atoms with E-state index in [0.29, 0.717) is 39.1 Å². The average molecular weight is 473 g/mol. The number of methoxy groups -OCH3 is 2. The highest BCUT2D eigenvalue weighted by Crippen LogP contribution is 2.35. The van der Waals surface area contributed by atoms with E-state index in [-0.39, 0.29) is 29.9 Å². The summed E-state index contributed by atoms with van der Waals surface area (Å²) in [7, 11) is -0.399. The predicted octanol–water partition coefficient (Wildman–Crippen LogP) is 3.71. The first kappa shape index (κ1) is 24.5. The molecule has 0 amide bonds. The second kappa shape index (κ2) is 10.2. The van der Waals surface area contributed by atoms with Gasteiger partial charge in [0.05, 0.1) is 26.1 Å². The maximum Gasteiger partial charge on any atom is 0.212 e. The monoisotopic (exact) mass is 472 g/mol. The highest BCUT2D eigenvalue weighted by Gasteiger charge is 2.20. The Morgan fingerprint density at radius 2 is 1.73 bits per heavy atom. The van der Waals surface area contributed by atoms with Gasteiger partial charge in [-0.1, -0.05) is 12.1 Å². The molecule has 33 heavy (non-hydrogen) atoms. The molecule has 0 saturated heterocycles. The summed E-state index contributed by atoms with van der Waals surface area (Å²) in [6.07, 6.45) is 1.48. The van der Waals surface area contributed by atoms with Gasteiger partial charge in [0.25, 0.3) is 0 Å². The van der Waals surface area contributed by atoms with Crippen molar-refractivity contribution in [3.05, 3.63) is 59.4 Å². The number of nitrogens with zero attached hydrogens (tertiary/aromatic N) is 1. The molecule has 1 heterocycles. The molecule has 2 aromatic carbocycles. The van der Waals surface area contributed by atoms with Crippen LogP contribution in [0, 0.1) is 0 Å². The van der Waals surface area contributed by atoms with Gasteiger partial charge in [-0.15, -0.1) is 0 Å². The van der Waals surface area contributed by atoms with Crippen molar-refractivity contribution < 1.29 is 27.4 Å². The van der Waals surface area contributed by atoms with Gasteiger partial charge in [-0.05, 0) is 56.0 Å². The molecule has 0 atom stereocenters. The van der Waals surface area contributed by atoms with Gasteiger partial charge in [0.2, 0.25) is 15.8 Å². The van der Waals surface area contributed by atoms with Crippen LogP contribution in [0.1, 0.15) is 42.4 Å². The summed E-state index contributed by atoms with van der Waals surface area (Å²) < 4.78 is 43.0. The quantitative estimate of drug-likeness (QED) is 0.449. The lowest BCUT2D eigenvalue weighted by atomic mass is 9.99. The number of hydrogen-bond acceptors (Lipinski definition) is 7. The zero-order valence-corrected chi connectivity index (χ0v) is 20.2. The number of hydrogen-bond donors (Lipinski definition) is 1. The highest BCUT2D eigenvalue weighted by atomic mass is 32.2. The van der Waals surface area contributed by atoms with E-state index in [1.165, 1.54) is 20.4 Å². The van der Waals surface area contributed by atoms with E-state index in [0.717, 1.165) is 0 Å². The van der Waals surface area contributed by atoms with Crippen LogP contribution in [0.3, 0.4) is 0 Å². The summed E-state index contributed by atoms with van der Waals surface area (Å²) in [5.41, 5.74) is 1.25. The molecule has 3 aromatic rings. The number of ketones is 1. The number of pyridine rings is 1. The van der Waals surface area contributed by atoms with E-state index in [2.05, 4.69) is 9.71 Å². The molecule has 1 N–H and O–H groups in total. The van der Waals surface area contributed by atoms with Gasteiger partial charge in [0.1, 0.15) is 11.4 Å². The van der Waals surface area contributed by atoms with Crippen LogP contribution in [-0.4, -0.2) is 45.3 Å². The van der Waals surface area contributed by atoms with Crippen molar-refractivity contribution in [2.24, 2.45) is 0 Å². The second-order valence-electron chi connectivity index (χ2n) is 7.63. The van der Waals surface area contributed by atoms with Crippen molar-refractivity contribution in [3.8, 4) is 17.2 Å². The summed E-state index contributed by atoms with van der Waals surface area (Å²) in [4.78, 5) is 17.8. The Morgan fingerprint density at radius 3 is 2.33 bits per heavy atom. The van der Waals surface area contributed by atoms with E-state index in [4.69, 9.17) is 14.2 Å². The zero-order chi connectivity index (χ0) is 24.2. The predicted molar refractivity (Wildman–Crippen MR) is 127 cm³/mol. The first-order chi connectivity index (χ1) is 15.7. The van der Waals surface area contributed by atoms with E-state index in [9.17, 15) is 13.2 Å². The van der Waals surface area contributed by atoms with Crippen molar-refractivity contribution in [3.63, 3.8) is 0 Å². The molecule has 176 valence electrons. The Balaban J connectivity index is 2.14. The van der Waals surface area contributed by atoms with Gasteiger partial charge in [-0.2, -0.15) is 0 Å². The van der Waals surface area contributed by atoms with Gasteiger partial charge in [0, 0.05) is 23.7 Å². The zero-order valence-electron chi connectivity index (χ0n) is 19.3. The Hall–Kier alpha value is -3.17. The molecule has 0 fully saturated rings. The number of ether oxygens (including phenoxy) is 3. The molecule has 8 nitrogen and oxygen atoms in total. The maximum absolute atomic E-state index is 13.4. The van der Waals surface area contributed by atoms with Gasteiger partial charge in [0.15, 0.2) is 11.5 Å². The largest absolute Gasteiger partial charge is 0.493 e. The number of sulfonamides is 1. The molecule has 3 rings (SSSR count). The highest BCUT2D eigenvalue weighted by molar-refractivity contribution is 7.89. The van der Waals surface area contributed by atoms with E-state index < -0.39 is 10.0 Å². The van der Waals surface area contributed by atoms with Crippen LogP contribution in [0.2, 0.25) is 0 Å². The molecule has 0 unspecified atom stereocenters. The fraction of sp³-hybridized carbons (Fsp3) is 0.333. The van der Waals surface area contributed by atoms with Crippen LogP contribution in [0.25, 0.3) is 10.8 Å². The van der Waals surface area contributed by atoms with Crippen molar-refractivity contribution >= 4 is 26.6 Å². The summed E-state index contributed by atoms with van der Waals surface area (Å²) >= 11 is 0. The molecule has 0 spiro atoms. The van der Waals surface area contributed by atoms with Crippen LogP contribution in [0.15, 0.2) is 42.6 Å². The molecule has 0 radical (unpaired) electrons. The lowest BCUT2D eigenvalue weighted by molar-refractivity contribution is 0.103. The number of fused-ring (bicyclic) bond motifs is 1. The Bertz CT molecular complexity index is 1270. The first-order valence-electron chi connectivity index (χ1n) is 10.5. The topological polar surface area (TPSA) is 104 Å². The van der Waals surface area contributed by atoms with Gasteiger partial charge < -0.3 is 14.2 Å². The Morgan fingerprint density at radius 1 is 1.06 bits per heavy atom. The number of carbonyl (C=O) groups is 1.